The van der Waals surface area contributed by atoms with Crippen molar-refractivity contribution >= 4 is 45.9 Å². The van der Waals surface area contributed by atoms with Crippen LogP contribution in [0.5, 0.6) is 0 Å². The van der Waals surface area contributed by atoms with Gasteiger partial charge in [-0.3, -0.25) is 24.2 Å². The number of nitrogen functional groups attached to an aromatic ring is 1. The molecule has 3 aromatic rings. The van der Waals surface area contributed by atoms with Crippen LogP contribution in [-0.4, -0.2) is 38.8 Å². The number of benzene rings is 2. The van der Waals surface area contributed by atoms with Crippen LogP contribution in [0.1, 0.15) is 36.5 Å². The van der Waals surface area contributed by atoms with Gasteiger partial charge in [0.25, 0.3) is 11.5 Å². The van der Waals surface area contributed by atoms with Crippen molar-refractivity contribution in [2.24, 2.45) is 10.2 Å². The number of anilines is 1. The first kappa shape index (κ1) is 23.3. The van der Waals surface area contributed by atoms with Crippen molar-refractivity contribution in [3.63, 3.8) is 0 Å². The number of hydrogen-bond donors (Lipinski definition) is 4. The third-order valence-electron chi connectivity index (χ3n) is 4.81. The predicted octanol–water partition coefficient (Wildman–Crippen LogP) is 2.86. The summed E-state index contributed by atoms with van der Waals surface area (Å²) in [5.41, 5.74) is 6.77. The molecule has 0 aliphatic heterocycles. The number of nitrogens with one attached hydrogen (secondary N) is 2. The first-order valence-corrected chi connectivity index (χ1v) is 10.1. The van der Waals surface area contributed by atoms with E-state index in [2.05, 4.69) is 25.5 Å². The van der Waals surface area contributed by atoms with Crippen LogP contribution in [0, 0.1) is 0 Å². The molecule has 1 atom stereocenters. The molecule has 0 aliphatic carbocycles. The van der Waals surface area contributed by atoms with Crippen molar-refractivity contribution in [3.05, 3.63) is 58.4 Å². The number of Topliss-reactive ketones (excluding diaryl/α,β-unsaturated/α-hetero) is 1. The number of H-pyrrole nitrogens is 1. The predicted molar refractivity (Wildman–Crippen MR) is 121 cm³/mol. The Labute approximate surface area is 187 Å². The Kier molecular flexibility index (Phi) is 7.24. The molecule has 5 N–H and O–H groups in total. The number of aromatic amines is 1. The van der Waals surface area contributed by atoms with E-state index < -0.39 is 17.9 Å². The average molecular weight is 450 g/mol. The van der Waals surface area contributed by atoms with E-state index in [-0.39, 0.29) is 36.6 Å². The Balaban J connectivity index is 1.70. The second-order valence-corrected chi connectivity index (χ2v) is 7.18. The smallest absolute Gasteiger partial charge is 0.303 e. The van der Waals surface area contributed by atoms with Gasteiger partial charge in [-0.1, -0.05) is 6.92 Å². The van der Waals surface area contributed by atoms with Crippen LogP contribution in [0.15, 0.2) is 57.5 Å². The lowest BCUT2D eigenvalue weighted by Gasteiger charge is -2.16. The number of carbonyl (C=O) groups is 3. The summed E-state index contributed by atoms with van der Waals surface area (Å²) in [4.78, 5) is 53.8. The number of aromatic nitrogens is 2. The fourth-order valence-corrected chi connectivity index (χ4v) is 3.07. The van der Waals surface area contributed by atoms with Gasteiger partial charge < -0.3 is 16.2 Å². The quantitative estimate of drug-likeness (QED) is 0.362. The lowest BCUT2D eigenvalue weighted by atomic mass is 10.0. The van der Waals surface area contributed by atoms with Gasteiger partial charge in [0.05, 0.1) is 28.3 Å². The van der Waals surface area contributed by atoms with E-state index in [4.69, 9.17) is 10.8 Å². The van der Waals surface area contributed by atoms with E-state index in [1.54, 1.807) is 31.2 Å². The highest BCUT2D eigenvalue weighted by Gasteiger charge is 2.20. The highest BCUT2D eigenvalue weighted by atomic mass is 16.4. The number of carboxylic acids is 1. The first-order valence-electron chi connectivity index (χ1n) is 10.1. The highest BCUT2D eigenvalue weighted by Crippen LogP contribution is 2.21. The number of fused-ring (bicyclic) bond motifs is 1. The van der Waals surface area contributed by atoms with Crippen molar-refractivity contribution < 1.29 is 19.5 Å². The van der Waals surface area contributed by atoms with Crippen LogP contribution in [0.4, 0.5) is 17.3 Å². The SMILES string of the molecule is CCC(=O)C(CCC(=O)O)NC(=O)c1ccc(/N=N/c2ccc3nc(N)[nH]c(=O)c3c2)cc1. The number of carboxylic acid groups (broad SMARTS) is 1. The molecule has 0 aliphatic rings. The van der Waals surface area contributed by atoms with Crippen molar-refractivity contribution in [2.45, 2.75) is 32.2 Å². The maximum atomic E-state index is 12.5. The van der Waals surface area contributed by atoms with Gasteiger partial charge in [0.15, 0.2) is 5.78 Å². The van der Waals surface area contributed by atoms with Crippen LogP contribution in [-0.2, 0) is 9.59 Å². The van der Waals surface area contributed by atoms with E-state index in [0.29, 0.717) is 27.8 Å². The summed E-state index contributed by atoms with van der Waals surface area (Å²) in [5, 5.41) is 20.0. The fraction of sp³-hybridized carbons (Fsp3) is 0.227. The molecule has 0 bridgehead atoms. The van der Waals surface area contributed by atoms with E-state index in [1.165, 1.54) is 18.2 Å². The van der Waals surface area contributed by atoms with Crippen LogP contribution >= 0.6 is 0 Å². The molecule has 0 radical (unpaired) electrons. The zero-order valence-electron chi connectivity index (χ0n) is 17.7. The Morgan fingerprint density at radius 3 is 2.45 bits per heavy atom. The molecule has 0 saturated carbocycles. The monoisotopic (exact) mass is 450 g/mol. The molecule has 11 heteroatoms. The van der Waals surface area contributed by atoms with Gasteiger partial charge in [-0.25, -0.2) is 4.98 Å². The number of azo groups is 1. The second-order valence-electron chi connectivity index (χ2n) is 7.18. The second kappa shape index (κ2) is 10.3. The van der Waals surface area contributed by atoms with Crippen molar-refractivity contribution in [1.29, 1.82) is 0 Å². The zero-order valence-corrected chi connectivity index (χ0v) is 17.7. The topological polar surface area (TPSA) is 180 Å². The molecule has 1 heterocycles. The summed E-state index contributed by atoms with van der Waals surface area (Å²) < 4.78 is 0. The summed E-state index contributed by atoms with van der Waals surface area (Å²) in [5.74, 6) is -1.74. The minimum atomic E-state index is -1.04. The minimum Gasteiger partial charge on any atom is -0.481 e. The number of nitrogens with zero attached hydrogens (tertiary/aromatic N) is 3. The van der Waals surface area contributed by atoms with Crippen LogP contribution in [0.3, 0.4) is 0 Å². The number of rotatable bonds is 9. The average Bonchev–Trinajstić information content (AvgIpc) is 2.80. The lowest BCUT2D eigenvalue weighted by Crippen LogP contribution is -2.40. The standard InChI is InChI=1S/C22H22N6O5/c1-2-18(29)17(9-10-19(30)31)24-20(32)12-3-5-13(6-4-12)27-28-14-7-8-16-15(11-14)21(33)26-22(23)25-16/h3-8,11,17H,2,9-10H2,1H3,(H,24,32)(H,30,31)(H3,23,25,26,33)/b28-27+. The van der Waals surface area contributed by atoms with Gasteiger partial charge >= 0.3 is 5.97 Å². The van der Waals surface area contributed by atoms with Crippen LogP contribution < -0.4 is 16.6 Å². The summed E-state index contributed by atoms with van der Waals surface area (Å²) in [6, 6.07) is 10.1. The summed E-state index contributed by atoms with van der Waals surface area (Å²) in [6.45, 7) is 1.65. The molecule has 1 unspecified atom stereocenters. The molecule has 1 aromatic heterocycles. The molecule has 33 heavy (non-hydrogen) atoms. The van der Waals surface area contributed by atoms with Crippen LogP contribution in [0.25, 0.3) is 10.9 Å². The zero-order chi connectivity index (χ0) is 24.0. The number of nitrogens with two attached hydrogens (primary N) is 1. The Morgan fingerprint density at radius 1 is 1.12 bits per heavy atom. The molecule has 0 fully saturated rings. The largest absolute Gasteiger partial charge is 0.481 e. The Hall–Kier alpha value is -4.41. The molecular formula is C22H22N6O5. The number of ketones is 1. The van der Waals surface area contributed by atoms with Gasteiger partial charge in [0, 0.05) is 18.4 Å². The third kappa shape index (κ3) is 6.06. The van der Waals surface area contributed by atoms with Crippen molar-refractivity contribution in [3.8, 4) is 0 Å². The van der Waals surface area contributed by atoms with Gasteiger partial charge in [0.1, 0.15) is 0 Å². The summed E-state index contributed by atoms with van der Waals surface area (Å²) in [7, 11) is 0. The van der Waals surface area contributed by atoms with E-state index in [9.17, 15) is 19.2 Å². The normalized spacial score (nSPS) is 12.0. The van der Waals surface area contributed by atoms with Gasteiger partial charge in [0.2, 0.25) is 5.95 Å². The fourth-order valence-electron chi connectivity index (χ4n) is 3.07. The van der Waals surface area contributed by atoms with E-state index in [1.807, 2.05) is 0 Å². The van der Waals surface area contributed by atoms with E-state index >= 15 is 0 Å². The number of carbonyl (C=O) groups excluding carboxylic acids is 2. The third-order valence-corrected chi connectivity index (χ3v) is 4.81. The van der Waals surface area contributed by atoms with Crippen LogP contribution in [0.2, 0.25) is 0 Å². The molecule has 3 rings (SSSR count). The maximum Gasteiger partial charge on any atom is 0.303 e. The molecule has 1 amide bonds. The van der Waals surface area contributed by atoms with Gasteiger partial charge in [-0.15, -0.1) is 0 Å². The first-order chi connectivity index (χ1) is 15.8. The summed E-state index contributed by atoms with van der Waals surface area (Å²) >= 11 is 0. The number of aliphatic carboxylic acids is 1. The molecule has 0 saturated heterocycles. The van der Waals surface area contributed by atoms with Gasteiger partial charge in [-0.05, 0) is 48.9 Å². The van der Waals surface area contributed by atoms with E-state index in [0.717, 1.165) is 0 Å². The van der Waals surface area contributed by atoms with Crippen molar-refractivity contribution in [2.75, 3.05) is 5.73 Å². The molecule has 2 aromatic carbocycles. The van der Waals surface area contributed by atoms with Gasteiger partial charge in [-0.2, -0.15) is 10.2 Å². The number of hydrogen-bond acceptors (Lipinski definition) is 8. The Bertz CT molecular complexity index is 1280. The minimum absolute atomic E-state index is 0.0246. The van der Waals surface area contributed by atoms with Crippen molar-refractivity contribution in [1.82, 2.24) is 15.3 Å². The highest BCUT2D eigenvalue weighted by molar-refractivity contribution is 5.98. The molecule has 11 nitrogen and oxygen atoms in total. The Morgan fingerprint density at radius 2 is 1.79 bits per heavy atom. The lowest BCUT2D eigenvalue weighted by molar-refractivity contribution is -0.137. The summed E-state index contributed by atoms with van der Waals surface area (Å²) in [6.07, 6.45) is -0.00911. The number of amides is 1. The maximum absolute atomic E-state index is 12.5. The molecule has 0 spiro atoms. The molecule has 170 valence electrons. The molecular weight excluding hydrogens is 428 g/mol.